The molecule has 0 fully saturated rings. The van der Waals surface area contributed by atoms with Crippen molar-refractivity contribution in [3.63, 3.8) is 0 Å². The van der Waals surface area contributed by atoms with Gasteiger partial charge in [0.05, 0.1) is 10.7 Å². The van der Waals surface area contributed by atoms with E-state index in [4.69, 9.17) is 21.1 Å². The minimum absolute atomic E-state index is 0.406. The molecule has 0 bridgehead atoms. The summed E-state index contributed by atoms with van der Waals surface area (Å²) in [6.45, 7) is 6.82. The summed E-state index contributed by atoms with van der Waals surface area (Å²) in [5.74, 6) is 0.500. The Hall–Kier alpha value is -2.73. The highest BCUT2D eigenvalue weighted by Crippen LogP contribution is 2.33. The van der Waals surface area contributed by atoms with Crippen molar-refractivity contribution in [2.75, 3.05) is 5.32 Å². The molecule has 0 spiro atoms. The fraction of sp³-hybridized carbons (Fsp3) is 0.300. The summed E-state index contributed by atoms with van der Waals surface area (Å²) in [6.07, 6.45) is -0.661. The molecule has 2 aromatic carbocycles. The van der Waals surface area contributed by atoms with Crippen molar-refractivity contribution >= 4 is 29.3 Å². The largest absolute Gasteiger partial charge is 0.454 e. The van der Waals surface area contributed by atoms with Gasteiger partial charge in [-0.3, -0.25) is 4.79 Å². The van der Waals surface area contributed by atoms with Crippen molar-refractivity contribution in [3.05, 3.63) is 53.6 Å². The molecule has 2 aromatic rings. The van der Waals surface area contributed by atoms with Gasteiger partial charge in [0.25, 0.3) is 0 Å². The highest BCUT2D eigenvalue weighted by atomic mass is 35.5. The fourth-order valence-electron chi connectivity index (χ4n) is 2.10. The topological polar surface area (TPSA) is 76.7 Å². The van der Waals surface area contributed by atoms with E-state index in [-0.39, 0.29) is 0 Å². The Labute approximate surface area is 163 Å². The molecule has 2 amide bonds. The lowest BCUT2D eigenvalue weighted by atomic mass is 10.2. The molecule has 7 heteroatoms. The average Bonchev–Trinajstić information content (AvgIpc) is 2.56. The summed E-state index contributed by atoms with van der Waals surface area (Å²) in [5, 5.41) is 5.70. The van der Waals surface area contributed by atoms with Crippen molar-refractivity contribution in [3.8, 4) is 11.5 Å². The molecule has 0 saturated heterocycles. The van der Waals surface area contributed by atoms with E-state index in [1.807, 2.05) is 0 Å². The van der Waals surface area contributed by atoms with E-state index in [0.29, 0.717) is 22.2 Å². The summed E-state index contributed by atoms with van der Waals surface area (Å²) < 4.78 is 11.0. The van der Waals surface area contributed by atoms with Crippen molar-refractivity contribution in [1.82, 2.24) is 5.32 Å². The highest BCUT2D eigenvalue weighted by Gasteiger charge is 2.21. The van der Waals surface area contributed by atoms with Crippen molar-refractivity contribution in [2.24, 2.45) is 0 Å². The van der Waals surface area contributed by atoms with Gasteiger partial charge in [0, 0.05) is 0 Å². The molecule has 0 heterocycles. The predicted octanol–water partition coefficient (Wildman–Crippen LogP) is 4.98. The molecule has 1 atom stereocenters. The second-order valence-corrected chi connectivity index (χ2v) is 7.29. The molecule has 2 rings (SSSR count). The molecule has 0 saturated carbocycles. The molecule has 0 aliphatic carbocycles. The number of anilines is 1. The number of rotatable bonds is 5. The molecular weight excluding hydrogens is 368 g/mol. The number of nitrogens with one attached hydrogen (secondary N) is 2. The number of para-hydroxylation sites is 3. The standard InChI is InChI=1S/C20H23ClN2O4/c1-13(22-19(25)27-20(2,3)4)18(24)23-15-10-6-8-12-17(15)26-16-11-7-5-9-14(16)21/h5-13H,1-4H3,(H,22,25)(H,23,24). The van der Waals surface area contributed by atoms with Crippen LogP contribution in [0.4, 0.5) is 10.5 Å². The van der Waals surface area contributed by atoms with Crippen LogP contribution in [0.2, 0.25) is 5.02 Å². The molecule has 0 aromatic heterocycles. The van der Waals surface area contributed by atoms with Crippen molar-refractivity contribution < 1.29 is 19.1 Å². The maximum Gasteiger partial charge on any atom is 0.408 e. The number of hydrogen-bond acceptors (Lipinski definition) is 4. The zero-order valence-electron chi connectivity index (χ0n) is 15.7. The third-order valence-corrected chi connectivity index (χ3v) is 3.64. The van der Waals surface area contributed by atoms with Crippen LogP contribution in [0, 0.1) is 0 Å². The molecule has 27 heavy (non-hydrogen) atoms. The van der Waals surface area contributed by atoms with E-state index in [2.05, 4.69) is 10.6 Å². The number of hydrogen-bond donors (Lipinski definition) is 2. The van der Waals surface area contributed by atoms with Crippen LogP contribution in [0.3, 0.4) is 0 Å². The van der Waals surface area contributed by atoms with Crippen LogP contribution >= 0.6 is 11.6 Å². The number of halogens is 1. The van der Waals surface area contributed by atoms with Crippen molar-refractivity contribution in [2.45, 2.75) is 39.3 Å². The summed E-state index contributed by atoms with van der Waals surface area (Å²) >= 11 is 6.12. The quantitative estimate of drug-likeness (QED) is 0.754. The lowest BCUT2D eigenvalue weighted by Crippen LogP contribution is -2.44. The average molecular weight is 391 g/mol. The normalized spacial score (nSPS) is 12.0. The lowest BCUT2D eigenvalue weighted by molar-refractivity contribution is -0.117. The molecule has 144 valence electrons. The number of ether oxygens (including phenoxy) is 2. The number of amides is 2. The maximum atomic E-state index is 12.4. The zero-order chi connectivity index (χ0) is 20.0. The second kappa shape index (κ2) is 8.77. The van der Waals surface area contributed by atoms with Gasteiger partial charge in [-0.15, -0.1) is 0 Å². The van der Waals surface area contributed by atoms with E-state index < -0.39 is 23.6 Å². The first-order valence-corrected chi connectivity index (χ1v) is 8.85. The van der Waals surface area contributed by atoms with E-state index in [9.17, 15) is 9.59 Å². The smallest absolute Gasteiger partial charge is 0.408 e. The summed E-state index contributed by atoms with van der Waals surface area (Å²) in [5.41, 5.74) is -0.185. The molecular formula is C20H23ClN2O4. The van der Waals surface area contributed by atoms with Gasteiger partial charge < -0.3 is 20.1 Å². The molecule has 0 aliphatic heterocycles. The van der Waals surface area contributed by atoms with Crippen LogP contribution in [-0.4, -0.2) is 23.6 Å². The third-order valence-electron chi connectivity index (χ3n) is 3.33. The van der Waals surface area contributed by atoms with E-state index >= 15 is 0 Å². The monoisotopic (exact) mass is 390 g/mol. The number of carbonyl (C=O) groups is 2. The van der Waals surface area contributed by atoms with Gasteiger partial charge >= 0.3 is 6.09 Å². The van der Waals surface area contributed by atoms with Crippen molar-refractivity contribution in [1.29, 1.82) is 0 Å². The Bertz CT molecular complexity index is 818. The van der Waals surface area contributed by atoms with E-state index in [0.717, 1.165) is 0 Å². The van der Waals surface area contributed by atoms with Gasteiger partial charge in [-0.25, -0.2) is 4.79 Å². The number of carbonyl (C=O) groups excluding carboxylic acids is 2. The van der Waals surface area contributed by atoms with Crippen LogP contribution in [0.1, 0.15) is 27.7 Å². The van der Waals surface area contributed by atoms with Crippen LogP contribution in [-0.2, 0) is 9.53 Å². The summed E-state index contributed by atoms with van der Waals surface area (Å²) in [7, 11) is 0. The van der Waals surface area contributed by atoms with Gasteiger partial charge in [0.2, 0.25) is 5.91 Å². The Morgan fingerprint density at radius 1 is 1.00 bits per heavy atom. The summed E-state index contributed by atoms with van der Waals surface area (Å²) in [4.78, 5) is 24.2. The number of alkyl carbamates (subject to hydrolysis) is 1. The highest BCUT2D eigenvalue weighted by molar-refractivity contribution is 6.32. The molecule has 0 aliphatic rings. The predicted molar refractivity (Wildman–Crippen MR) is 105 cm³/mol. The zero-order valence-corrected chi connectivity index (χ0v) is 16.5. The Kier molecular flexibility index (Phi) is 6.69. The Morgan fingerprint density at radius 2 is 1.59 bits per heavy atom. The first kappa shape index (κ1) is 20.6. The third kappa shape index (κ3) is 6.49. The van der Waals surface area contributed by atoms with Gasteiger partial charge in [0.15, 0.2) is 5.75 Å². The van der Waals surface area contributed by atoms with Crippen LogP contribution in [0.5, 0.6) is 11.5 Å². The fourth-order valence-corrected chi connectivity index (χ4v) is 2.27. The Balaban J connectivity index is 2.05. The first-order chi connectivity index (χ1) is 12.7. The maximum absolute atomic E-state index is 12.4. The summed E-state index contributed by atoms with van der Waals surface area (Å²) in [6, 6.07) is 13.2. The van der Waals surface area contributed by atoms with Crippen LogP contribution in [0.15, 0.2) is 48.5 Å². The Morgan fingerprint density at radius 3 is 2.22 bits per heavy atom. The first-order valence-electron chi connectivity index (χ1n) is 8.47. The van der Waals surface area contributed by atoms with Crippen LogP contribution in [0.25, 0.3) is 0 Å². The molecule has 1 unspecified atom stereocenters. The molecule has 2 N–H and O–H groups in total. The van der Waals surface area contributed by atoms with Gasteiger partial charge in [0.1, 0.15) is 17.4 Å². The molecule has 0 radical (unpaired) electrons. The molecule has 6 nitrogen and oxygen atoms in total. The van der Waals surface area contributed by atoms with E-state index in [1.165, 1.54) is 0 Å². The van der Waals surface area contributed by atoms with Gasteiger partial charge in [-0.2, -0.15) is 0 Å². The van der Waals surface area contributed by atoms with E-state index in [1.54, 1.807) is 76.2 Å². The second-order valence-electron chi connectivity index (χ2n) is 6.89. The minimum atomic E-state index is -0.798. The van der Waals surface area contributed by atoms with Crippen LogP contribution < -0.4 is 15.4 Å². The number of benzene rings is 2. The van der Waals surface area contributed by atoms with Gasteiger partial charge in [-0.1, -0.05) is 35.9 Å². The van der Waals surface area contributed by atoms with Gasteiger partial charge in [-0.05, 0) is 52.0 Å². The lowest BCUT2D eigenvalue weighted by Gasteiger charge is -2.22. The minimum Gasteiger partial charge on any atom is -0.454 e. The SMILES string of the molecule is CC(NC(=O)OC(C)(C)C)C(=O)Nc1ccccc1Oc1ccccc1Cl.